The standard InChI is InChI=1S/C16H27N/c1-5-16(17-6-2)9-7-8-15-11-13(3)10-14(4)12-15/h10-12,16-17H,5-9H2,1-4H3. The Kier molecular flexibility index (Phi) is 6.28. The fourth-order valence-electron chi connectivity index (χ4n) is 2.51. The van der Waals surface area contributed by atoms with Crippen LogP contribution in [0.25, 0.3) is 0 Å². The largest absolute Gasteiger partial charge is 0.314 e. The zero-order valence-corrected chi connectivity index (χ0v) is 11.8. The number of nitrogens with one attached hydrogen (secondary N) is 1. The van der Waals surface area contributed by atoms with Crippen molar-refractivity contribution in [3.05, 3.63) is 34.9 Å². The van der Waals surface area contributed by atoms with Crippen LogP contribution in [0.4, 0.5) is 0 Å². The summed E-state index contributed by atoms with van der Waals surface area (Å²) in [5, 5.41) is 3.54. The van der Waals surface area contributed by atoms with Crippen molar-refractivity contribution >= 4 is 0 Å². The van der Waals surface area contributed by atoms with Crippen LogP contribution in [0.1, 0.15) is 49.8 Å². The van der Waals surface area contributed by atoms with E-state index < -0.39 is 0 Å². The van der Waals surface area contributed by atoms with Gasteiger partial charge in [-0.25, -0.2) is 0 Å². The lowest BCUT2D eigenvalue weighted by Crippen LogP contribution is -2.28. The second-order valence-electron chi connectivity index (χ2n) is 5.05. The van der Waals surface area contributed by atoms with E-state index >= 15 is 0 Å². The van der Waals surface area contributed by atoms with Crippen LogP contribution >= 0.6 is 0 Å². The number of benzene rings is 1. The Morgan fingerprint density at radius 3 is 2.24 bits per heavy atom. The molecular weight excluding hydrogens is 206 g/mol. The van der Waals surface area contributed by atoms with E-state index in [2.05, 4.69) is 51.2 Å². The summed E-state index contributed by atoms with van der Waals surface area (Å²) < 4.78 is 0. The van der Waals surface area contributed by atoms with Crippen LogP contribution in [0, 0.1) is 13.8 Å². The second-order valence-corrected chi connectivity index (χ2v) is 5.05. The first-order valence-electron chi connectivity index (χ1n) is 6.96. The zero-order valence-electron chi connectivity index (χ0n) is 11.8. The van der Waals surface area contributed by atoms with Crippen LogP contribution < -0.4 is 5.32 Å². The maximum atomic E-state index is 3.54. The maximum Gasteiger partial charge on any atom is 0.00644 e. The molecule has 0 bridgehead atoms. The second kappa shape index (κ2) is 7.50. The van der Waals surface area contributed by atoms with Crippen molar-refractivity contribution in [2.45, 2.75) is 59.4 Å². The predicted octanol–water partition coefficient (Wildman–Crippen LogP) is 4.01. The van der Waals surface area contributed by atoms with E-state index in [9.17, 15) is 0 Å². The molecule has 0 saturated heterocycles. The molecule has 0 heterocycles. The van der Waals surface area contributed by atoms with Gasteiger partial charge >= 0.3 is 0 Å². The first kappa shape index (κ1) is 14.2. The monoisotopic (exact) mass is 233 g/mol. The minimum Gasteiger partial charge on any atom is -0.314 e. The Morgan fingerprint density at radius 1 is 1.06 bits per heavy atom. The minimum atomic E-state index is 0.700. The molecular formula is C16H27N. The van der Waals surface area contributed by atoms with Gasteiger partial charge in [0.25, 0.3) is 0 Å². The van der Waals surface area contributed by atoms with E-state index in [1.807, 2.05) is 0 Å². The molecule has 0 aliphatic rings. The van der Waals surface area contributed by atoms with Gasteiger partial charge in [0.2, 0.25) is 0 Å². The predicted molar refractivity (Wildman–Crippen MR) is 76.6 cm³/mol. The molecule has 0 aliphatic carbocycles. The lowest BCUT2D eigenvalue weighted by molar-refractivity contribution is 0.467. The Morgan fingerprint density at radius 2 is 1.71 bits per heavy atom. The van der Waals surface area contributed by atoms with Crippen LogP contribution in [-0.4, -0.2) is 12.6 Å². The van der Waals surface area contributed by atoms with Crippen molar-refractivity contribution in [1.29, 1.82) is 0 Å². The minimum absolute atomic E-state index is 0.700. The summed E-state index contributed by atoms with van der Waals surface area (Å²) in [6.07, 6.45) is 5.02. The topological polar surface area (TPSA) is 12.0 Å². The van der Waals surface area contributed by atoms with Crippen LogP contribution in [0.5, 0.6) is 0 Å². The van der Waals surface area contributed by atoms with E-state index in [4.69, 9.17) is 0 Å². The van der Waals surface area contributed by atoms with E-state index in [0.29, 0.717) is 6.04 Å². The Hall–Kier alpha value is -0.820. The molecule has 1 N–H and O–H groups in total. The molecule has 0 aromatic heterocycles. The summed E-state index contributed by atoms with van der Waals surface area (Å²) in [5.41, 5.74) is 4.27. The van der Waals surface area contributed by atoms with Gasteiger partial charge in [-0.2, -0.15) is 0 Å². The number of aryl methyl sites for hydroxylation is 3. The average molecular weight is 233 g/mol. The molecule has 1 rings (SSSR count). The summed E-state index contributed by atoms with van der Waals surface area (Å²) in [7, 11) is 0. The van der Waals surface area contributed by atoms with Crippen molar-refractivity contribution in [3.63, 3.8) is 0 Å². The third-order valence-electron chi connectivity index (χ3n) is 3.29. The fraction of sp³-hybridized carbons (Fsp3) is 0.625. The van der Waals surface area contributed by atoms with Gasteiger partial charge in [0.05, 0.1) is 0 Å². The number of hydrogen-bond acceptors (Lipinski definition) is 1. The highest BCUT2D eigenvalue weighted by Gasteiger charge is 2.04. The van der Waals surface area contributed by atoms with Crippen LogP contribution in [-0.2, 0) is 6.42 Å². The summed E-state index contributed by atoms with van der Waals surface area (Å²) in [6.45, 7) is 9.91. The molecule has 0 fully saturated rings. The molecule has 0 saturated carbocycles. The molecule has 0 aliphatic heterocycles. The van der Waals surface area contributed by atoms with Gasteiger partial charge in [-0.15, -0.1) is 0 Å². The third kappa shape index (κ3) is 5.36. The Labute approximate surface area is 107 Å². The molecule has 1 aromatic rings. The molecule has 1 aromatic carbocycles. The lowest BCUT2D eigenvalue weighted by atomic mass is 10.0. The zero-order chi connectivity index (χ0) is 12.7. The maximum absolute atomic E-state index is 3.54. The fourth-order valence-corrected chi connectivity index (χ4v) is 2.51. The summed E-state index contributed by atoms with van der Waals surface area (Å²) in [5.74, 6) is 0. The van der Waals surface area contributed by atoms with Crippen molar-refractivity contribution in [2.75, 3.05) is 6.54 Å². The quantitative estimate of drug-likeness (QED) is 0.750. The van der Waals surface area contributed by atoms with E-state index in [1.165, 1.54) is 42.4 Å². The molecule has 17 heavy (non-hydrogen) atoms. The van der Waals surface area contributed by atoms with Crippen LogP contribution in [0.2, 0.25) is 0 Å². The van der Waals surface area contributed by atoms with Gasteiger partial charge in [0.15, 0.2) is 0 Å². The molecule has 0 spiro atoms. The summed E-state index contributed by atoms with van der Waals surface area (Å²) in [6, 6.07) is 7.59. The first-order valence-corrected chi connectivity index (χ1v) is 6.96. The molecule has 0 radical (unpaired) electrons. The van der Waals surface area contributed by atoms with E-state index in [-0.39, 0.29) is 0 Å². The van der Waals surface area contributed by atoms with Gasteiger partial charge < -0.3 is 5.32 Å². The molecule has 1 atom stereocenters. The van der Waals surface area contributed by atoms with Crippen molar-refractivity contribution in [1.82, 2.24) is 5.32 Å². The van der Waals surface area contributed by atoms with Gasteiger partial charge in [0, 0.05) is 6.04 Å². The van der Waals surface area contributed by atoms with Gasteiger partial charge in [-0.3, -0.25) is 0 Å². The average Bonchev–Trinajstić information content (AvgIpc) is 2.26. The highest BCUT2D eigenvalue weighted by atomic mass is 14.9. The number of hydrogen-bond donors (Lipinski definition) is 1. The van der Waals surface area contributed by atoms with Crippen molar-refractivity contribution < 1.29 is 0 Å². The normalized spacial score (nSPS) is 12.7. The summed E-state index contributed by atoms with van der Waals surface area (Å²) >= 11 is 0. The Bertz CT molecular complexity index is 310. The molecule has 1 heteroatoms. The molecule has 96 valence electrons. The molecule has 1 nitrogen and oxygen atoms in total. The molecule has 0 amide bonds. The lowest BCUT2D eigenvalue weighted by Gasteiger charge is -2.15. The first-order chi connectivity index (χ1) is 8.15. The van der Waals surface area contributed by atoms with Crippen LogP contribution in [0.3, 0.4) is 0 Å². The smallest absolute Gasteiger partial charge is 0.00644 e. The van der Waals surface area contributed by atoms with Gasteiger partial charge in [-0.1, -0.05) is 43.2 Å². The van der Waals surface area contributed by atoms with E-state index in [1.54, 1.807) is 0 Å². The highest BCUT2D eigenvalue weighted by molar-refractivity contribution is 5.28. The number of rotatable bonds is 7. The summed E-state index contributed by atoms with van der Waals surface area (Å²) in [4.78, 5) is 0. The highest BCUT2D eigenvalue weighted by Crippen LogP contribution is 2.13. The Balaban J connectivity index is 2.39. The van der Waals surface area contributed by atoms with Crippen LogP contribution in [0.15, 0.2) is 18.2 Å². The SMILES string of the molecule is CCNC(CC)CCCc1cc(C)cc(C)c1. The third-order valence-corrected chi connectivity index (χ3v) is 3.29. The molecule has 1 unspecified atom stereocenters. The van der Waals surface area contributed by atoms with Gasteiger partial charge in [-0.05, 0) is 51.6 Å². The van der Waals surface area contributed by atoms with Crippen molar-refractivity contribution in [2.24, 2.45) is 0 Å². The van der Waals surface area contributed by atoms with E-state index in [0.717, 1.165) is 6.54 Å². The van der Waals surface area contributed by atoms with Crippen molar-refractivity contribution in [3.8, 4) is 0 Å². The van der Waals surface area contributed by atoms with Gasteiger partial charge in [0.1, 0.15) is 0 Å².